The minimum atomic E-state index is -1.84. The van der Waals surface area contributed by atoms with Crippen molar-refractivity contribution < 1.29 is 19.1 Å². The van der Waals surface area contributed by atoms with E-state index < -0.39 is 14.3 Å². The monoisotopic (exact) mass is 605 g/mol. The molecule has 1 N–H and O–H groups in total. The Morgan fingerprint density at radius 2 is 1.67 bits per heavy atom. The molecule has 0 aliphatic heterocycles. The topological polar surface area (TPSA) is 66.8 Å². The predicted molar refractivity (Wildman–Crippen MR) is 147 cm³/mol. The van der Waals surface area contributed by atoms with Gasteiger partial charge in [-0.1, -0.05) is 27.7 Å². The Hall–Kier alpha value is -0.453. The minimum absolute atomic E-state index is 0.00149. The van der Waals surface area contributed by atoms with Crippen molar-refractivity contribution in [3.05, 3.63) is 13.8 Å². The summed E-state index contributed by atoms with van der Waals surface area (Å²) < 4.78 is 7.58. The Labute approximate surface area is 217 Å². The van der Waals surface area contributed by atoms with Gasteiger partial charge in [0.2, 0.25) is 5.91 Å². The highest BCUT2D eigenvalue weighted by atomic mass is 127. The van der Waals surface area contributed by atoms with E-state index >= 15 is 0 Å². The zero-order chi connectivity index (χ0) is 24.6. The van der Waals surface area contributed by atoms with Crippen LogP contribution in [0.5, 0.6) is 0 Å². The molecule has 0 atom stereocenters. The van der Waals surface area contributed by atoms with Crippen molar-refractivity contribution in [2.75, 3.05) is 4.90 Å². The highest BCUT2D eigenvalue weighted by molar-refractivity contribution is 14.1. The van der Waals surface area contributed by atoms with Crippen LogP contribution in [0.4, 0.5) is 5.69 Å². The lowest BCUT2D eigenvalue weighted by atomic mass is 9.81. The van der Waals surface area contributed by atoms with Gasteiger partial charge >= 0.3 is 5.97 Å². The van der Waals surface area contributed by atoms with Crippen LogP contribution in [0.1, 0.15) is 88.7 Å². The number of carboxylic acid groups (broad SMARTS) is 1. The van der Waals surface area contributed by atoms with Gasteiger partial charge in [-0.05, 0) is 104 Å². The third kappa shape index (κ3) is 6.41. The molecule has 0 spiro atoms. The lowest BCUT2D eigenvalue weighted by molar-refractivity contribution is -0.124. The largest absolute Gasteiger partial charge is 0.477 e. The summed E-state index contributed by atoms with van der Waals surface area (Å²) in [5.74, 6) is -0.140. The number of aromatic carboxylic acids is 1. The third-order valence-corrected chi connectivity index (χ3v) is 14.4. The van der Waals surface area contributed by atoms with Crippen LogP contribution in [0.2, 0.25) is 18.1 Å². The van der Waals surface area contributed by atoms with Crippen LogP contribution < -0.4 is 4.90 Å². The molecule has 0 aromatic carbocycles. The third-order valence-electron chi connectivity index (χ3n) is 8.02. The number of halogens is 1. The Bertz CT molecular complexity index is 849. The van der Waals surface area contributed by atoms with Gasteiger partial charge in [0.15, 0.2) is 8.32 Å². The summed E-state index contributed by atoms with van der Waals surface area (Å²) in [6.45, 7) is 13.6. The molecule has 33 heavy (non-hydrogen) atoms. The van der Waals surface area contributed by atoms with Gasteiger partial charge in [-0.15, -0.1) is 11.3 Å². The number of thiophene rings is 1. The fourth-order valence-electron chi connectivity index (χ4n) is 4.90. The maximum atomic E-state index is 13.8. The van der Waals surface area contributed by atoms with Crippen molar-refractivity contribution in [2.24, 2.45) is 11.8 Å². The Morgan fingerprint density at radius 3 is 2.18 bits per heavy atom. The lowest BCUT2D eigenvalue weighted by Gasteiger charge is -2.43. The molecule has 3 rings (SSSR count). The van der Waals surface area contributed by atoms with Crippen LogP contribution in [0, 0.1) is 14.7 Å². The van der Waals surface area contributed by atoms with Crippen LogP contribution in [0.15, 0.2) is 6.07 Å². The predicted octanol–water partition coefficient (Wildman–Crippen LogP) is 7.54. The molecule has 2 fully saturated rings. The first kappa shape index (κ1) is 27.1. The lowest BCUT2D eigenvalue weighted by Crippen LogP contribution is -2.49. The van der Waals surface area contributed by atoms with E-state index in [1.165, 1.54) is 11.3 Å². The molecule has 2 saturated carbocycles. The number of carbonyl (C=O) groups is 2. The van der Waals surface area contributed by atoms with E-state index in [0.29, 0.717) is 11.6 Å². The average Bonchev–Trinajstić information content (AvgIpc) is 3.10. The summed E-state index contributed by atoms with van der Waals surface area (Å²) in [7, 11) is -1.84. The van der Waals surface area contributed by atoms with Crippen LogP contribution in [0.3, 0.4) is 0 Å². The Morgan fingerprint density at radius 1 is 1.09 bits per heavy atom. The van der Waals surface area contributed by atoms with Gasteiger partial charge in [0.25, 0.3) is 0 Å². The van der Waals surface area contributed by atoms with E-state index in [-0.39, 0.29) is 33.9 Å². The number of carbonyl (C=O) groups excluding carboxylic acids is 1. The molecule has 1 aromatic rings. The van der Waals surface area contributed by atoms with E-state index in [2.05, 4.69) is 63.4 Å². The maximum absolute atomic E-state index is 13.8. The van der Waals surface area contributed by atoms with E-state index in [4.69, 9.17) is 4.43 Å². The molecule has 8 heteroatoms. The first-order valence-corrected chi connectivity index (χ1v) is 17.1. The maximum Gasteiger partial charge on any atom is 0.348 e. The van der Waals surface area contributed by atoms with Crippen molar-refractivity contribution in [1.29, 1.82) is 0 Å². The quantitative estimate of drug-likeness (QED) is 0.269. The van der Waals surface area contributed by atoms with Gasteiger partial charge < -0.3 is 14.4 Å². The molecule has 2 aliphatic rings. The number of carboxylic acids is 1. The van der Waals surface area contributed by atoms with E-state index in [9.17, 15) is 14.7 Å². The van der Waals surface area contributed by atoms with E-state index in [1.807, 2.05) is 11.0 Å². The summed E-state index contributed by atoms with van der Waals surface area (Å²) in [6, 6.07) is 1.94. The normalized spacial score (nSPS) is 26.8. The van der Waals surface area contributed by atoms with Crippen LogP contribution in [0.25, 0.3) is 0 Å². The highest BCUT2D eigenvalue weighted by Gasteiger charge is 2.42. The summed E-state index contributed by atoms with van der Waals surface area (Å²) in [5, 5.41) is 10.0. The first-order valence-electron chi connectivity index (χ1n) is 12.3. The van der Waals surface area contributed by atoms with Gasteiger partial charge in [0.05, 0.1) is 8.57 Å². The number of amides is 1. The number of rotatable bonds is 6. The fraction of sp³-hybridized carbons (Fsp3) is 0.760. The SMILES string of the molecule is CC1CCC(C(=O)N(c2cc(I)sc2C(=O)O)C2CCC(O[Si](C)(C)C(C)(C)C)CC2)CC1. The molecule has 5 nitrogen and oxygen atoms in total. The van der Waals surface area contributed by atoms with Gasteiger partial charge in [0.1, 0.15) is 4.88 Å². The van der Waals surface area contributed by atoms with Crippen molar-refractivity contribution >= 4 is 59.8 Å². The molecule has 2 aliphatic carbocycles. The molecule has 0 unspecified atom stereocenters. The molecule has 0 saturated heterocycles. The number of hydrogen-bond donors (Lipinski definition) is 1. The second kappa shape index (κ2) is 10.7. The number of anilines is 1. The average molecular weight is 606 g/mol. The molecule has 1 heterocycles. The molecular formula is C25H40INO4SSi. The molecule has 1 aromatic heterocycles. The van der Waals surface area contributed by atoms with Crippen molar-refractivity contribution in [2.45, 2.75) is 109 Å². The second-order valence-corrected chi connectivity index (χ2v) is 19.2. The van der Waals surface area contributed by atoms with Crippen molar-refractivity contribution in [3.63, 3.8) is 0 Å². The van der Waals surface area contributed by atoms with Gasteiger partial charge in [-0.3, -0.25) is 4.79 Å². The zero-order valence-electron chi connectivity index (χ0n) is 20.9. The molecule has 0 radical (unpaired) electrons. The summed E-state index contributed by atoms with van der Waals surface area (Å²) in [6.07, 6.45) is 7.76. The Kier molecular flexibility index (Phi) is 8.77. The van der Waals surface area contributed by atoms with Crippen LogP contribution in [-0.4, -0.2) is 37.4 Å². The smallest absolute Gasteiger partial charge is 0.348 e. The summed E-state index contributed by atoms with van der Waals surface area (Å²) in [5.41, 5.74) is 0.606. The second-order valence-electron chi connectivity index (χ2n) is 11.5. The summed E-state index contributed by atoms with van der Waals surface area (Å²) >= 11 is 3.44. The van der Waals surface area contributed by atoms with Gasteiger partial charge in [-0.25, -0.2) is 4.79 Å². The van der Waals surface area contributed by atoms with Crippen LogP contribution >= 0.6 is 33.9 Å². The van der Waals surface area contributed by atoms with Gasteiger partial charge in [0, 0.05) is 18.1 Å². The zero-order valence-corrected chi connectivity index (χ0v) is 24.9. The molecule has 186 valence electrons. The first-order chi connectivity index (χ1) is 15.3. The number of hydrogen-bond acceptors (Lipinski definition) is 4. The van der Waals surface area contributed by atoms with Crippen LogP contribution in [-0.2, 0) is 9.22 Å². The van der Waals surface area contributed by atoms with Crippen molar-refractivity contribution in [1.82, 2.24) is 0 Å². The van der Waals surface area contributed by atoms with E-state index in [0.717, 1.165) is 54.3 Å². The minimum Gasteiger partial charge on any atom is -0.477 e. The van der Waals surface area contributed by atoms with E-state index in [1.54, 1.807) is 0 Å². The van der Waals surface area contributed by atoms with Crippen molar-refractivity contribution in [3.8, 4) is 0 Å². The highest BCUT2D eigenvalue weighted by Crippen LogP contribution is 2.42. The number of nitrogens with zero attached hydrogens (tertiary/aromatic N) is 1. The fourth-order valence-corrected chi connectivity index (χ4v) is 7.99. The molecule has 0 bridgehead atoms. The Balaban J connectivity index is 1.81. The summed E-state index contributed by atoms with van der Waals surface area (Å²) in [4.78, 5) is 28.0. The van der Waals surface area contributed by atoms with Gasteiger partial charge in [-0.2, -0.15) is 0 Å². The standard InChI is InChI=1S/C25H40INO4SSi/c1-16-7-9-17(10-8-16)23(28)27(20-15-21(26)32-22(20)24(29)30)18-11-13-19(14-12-18)31-33(5,6)25(2,3)4/h15-19H,7-14H2,1-6H3,(H,29,30). The molecule has 1 amide bonds. The molecular weight excluding hydrogens is 565 g/mol.